The van der Waals surface area contributed by atoms with Crippen LogP contribution < -0.4 is 5.43 Å². The van der Waals surface area contributed by atoms with Crippen LogP contribution in [0.25, 0.3) is 0 Å². The second kappa shape index (κ2) is 7.45. The first kappa shape index (κ1) is 15.1. The fraction of sp³-hybridized carbons (Fsp3) is 0.182. The molecule has 0 amide bonds. The van der Waals surface area contributed by atoms with Gasteiger partial charge in [0.1, 0.15) is 12.3 Å². The topological polar surface area (TPSA) is 120 Å². The number of hydrogen-bond donors (Lipinski definition) is 1. The highest BCUT2D eigenvalue weighted by Gasteiger charge is 2.18. The molecule has 1 aromatic rings. The van der Waals surface area contributed by atoms with E-state index in [2.05, 4.69) is 27.1 Å². The third-order valence-corrected chi connectivity index (χ3v) is 2.02. The van der Waals surface area contributed by atoms with Crippen LogP contribution in [0.1, 0.15) is 0 Å². The Morgan fingerprint density at radius 1 is 1.40 bits per heavy atom. The van der Waals surface area contributed by atoms with Gasteiger partial charge in [0, 0.05) is 13.2 Å². The molecule has 9 heteroatoms. The summed E-state index contributed by atoms with van der Waals surface area (Å²) in [4.78, 5) is 19.9. The third-order valence-electron chi connectivity index (χ3n) is 2.02. The van der Waals surface area contributed by atoms with Crippen LogP contribution in [0.2, 0.25) is 0 Å². The lowest BCUT2D eigenvalue weighted by molar-refractivity contribution is -0.393. The highest BCUT2D eigenvalue weighted by Crippen LogP contribution is 2.28. The highest BCUT2D eigenvalue weighted by atomic mass is 16.6. The molecule has 0 aliphatic carbocycles. The molecule has 1 N–H and O–H groups in total. The fourth-order valence-electron chi connectivity index (χ4n) is 1.17. The van der Waals surface area contributed by atoms with Crippen LogP contribution in [-0.2, 0) is 4.74 Å². The summed E-state index contributed by atoms with van der Waals surface area (Å²) in [5.41, 5.74) is 1.62. The summed E-state index contributed by atoms with van der Waals surface area (Å²) in [6, 6.07) is 3.20. The molecule has 1 rings (SSSR count). The molecular weight excluding hydrogens is 268 g/mol. The van der Waals surface area contributed by atoms with Crippen LogP contribution in [0, 0.1) is 32.1 Å². The van der Waals surface area contributed by atoms with E-state index in [0.717, 1.165) is 12.1 Å². The smallest absolute Gasteiger partial charge is 0.301 e. The van der Waals surface area contributed by atoms with Crippen molar-refractivity contribution in [2.45, 2.75) is 0 Å². The standard InChI is InChI=1S/C11H10N4O5/c1-20-7-3-2-6-12-13-10-5-4-9(14(16)17)8-11(10)15(18)19/h4-6,8,13H,7H2,1H3. The summed E-state index contributed by atoms with van der Waals surface area (Å²) in [7, 11) is 1.49. The van der Waals surface area contributed by atoms with Crippen LogP contribution in [-0.4, -0.2) is 29.8 Å². The predicted octanol–water partition coefficient (Wildman–Crippen LogP) is 1.55. The van der Waals surface area contributed by atoms with E-state index in [9.17, 15) is 20.2 Å². The van der Waals surface area contributed by atoms with Crippen molar-refractivity contribution in [1.29, 1.82) is 0 Å². The average molecular weight is 278 g/mol. The summed E-state index contributed by atoms with van der Waals surface area (Å²) in [5.74, 6) is 5.13. The van der Waals surface area contributed by atoms with Crippen molar-refractivity contribution in [1.82, 2.24) is 0 Å². The van der Waals surface area contributed by atoms with Crippen molar-refractivity contribution < 1.29 is 14.6 Å². The molecule has 1 aromatic carbocycles. The van der Waals surface area contributed by atoms with Gasteiger partial charge in [-0.25, -0.2) is 0 Å². The Labute approximate surface area is 113 Å². The van der Waals surface area contributed by atoms with Gasteiger partial charge in [-0.15, -0.1) is 0 Å². The van der Waals surface area contributed by atoms with Gasteiger partial charge >= 0.3 is 5.69 Å². The molecule has 0 spiro atoms. The molecular formula is C11H10N4O5. The Bertz CT molecular complexity index is 603. The van der Waals surface area contributed by atoms with E-state index in [0.29, 0.717) is 0 Å². The zero-order valence-corrected chi connectivity index (χ0v) is 10.4. The summed E-state index contributed by atoms with van der Waals surface area (Å²) in [6.07, 6.45) is 1.20. The molecule has 9 nitrogen and oxygen atoms in total. The van der Waals surface area contributed by atoms with Gasteiger partial charge in [0.25, 0.3) is 5.69 Å². The van der Waals surface area contributed by atoms with Crippen molar-refractivity contribution in [3.8, 4) is 11.8 Å². The first-order valence-electron chi connectivity index (χ1n) is 5.24. The number of nitro benzene ring substituents is 2. The quantitative estimate of drug-likeness (QED) is 0.377. The number of ether oxygens (including phenoxy) is 1. The number of hydrazone groups is 1. The van der Waals surface area contributed by atoms with Crippen LogP contribution in [0.4, 0.5) is 17.1 Å². The number of nitrogens with one attached hydrogen (secondary N) is 1. The van der Waals surface area contributed by atoms with Crippen molar-refractivity contribution in [3.63, 3.8) is 0 Å². The Kier molecular flexibility index (Phi) is 5.61. The maximum absolute atomic E-state index is 10.8. The van der Waals surface area contributed by atoms with Crippen molar-refractivity contribution >= 4 is 23.3 Å². The zero-order chi connectivity index (χ0) is 15.0. The van der Waals surface area contributed by atoms with Gasteiger partial charge in [-0.1, -0.05) is 11.8 Å². The van der Waals surface area contributed by atoms with Crippen molar-refractivity contribution in [3.05, 3.63) is 38.4 Å². The summed E-state index contributed by atoms with van der Waals surface area (Å²) in [5, 5.41) is 25.0. The molecule has 0 atom stereocenters. The van der Waals surface area contributed by atoms with Gasteiger partial charge in [-0.3, -0.25) is 25.7 Å². The Morgan fingerprint density at radius 3 is 2.75 bits per heavy atom. The molecule has 0 saturated heterocycles. The largest absolute Gasteiger partial charge is 0.372 e. The summed E-state index contributed by atoms with van der Waals surface area (Å²) >= 11 is 0. The van der Waals surface area contributed by atoms with Crippen LogP contribution in [0.5, 0.6) is 0 Å². The molecule has 0 bridgehead atoms. The minimum atomic E-state index is -0.735. The predicted molar refractivity (Wildman–Crippen MR) is 71.5 cm³/mol. The molecule has 0 fully saturated rings. The van der Waals surface area contributed by atoms with E-state index in [1.54, 1.807) is 0 Å². The van der Waals surface area contributed by atoms with E-state index >= 15 is 0 Å². The molecule has 0 saturated carbocycles. The molecule has 0 aromatic heterocycles. The van der Waals surface area contributed by atoms with Gasteiger partial charge in [-0.2, -0.15) is 5.10 Å². The highest BCUT2D eigenvalue weighted by molar-refractivity contribution is 5.79. The number of methoxy groups -OCH3 is 1. The normalized spacial score (nSPS) is 9.85. The number of nitrogens with zero attached hydrogens (tertiary/aromatic N) is 3. The molecule has 0 radical (unpaired) electrons. The molecule has 0 heterocycles. The second-order valence-electron chi connectivity index (χ2n) is 3.34. The van der Waals surface area contributed by atoms with Gasteiger partial charge in [0.05, 0.1) is 22.1 Å². The van der Waals surface area contributed by atoms with Crippen LogP contribution >= 0.6 is 0 Å². The number of nitro groups is 2. The third kappa shape index (κ3) is 4.35. The summed E-state index contributed by atoms with van der Waals surface area (Å²) in [6.45, 7) is 0.240. The average Bonchev–Trinajstić information content (AvgIpc) is 2.42. The second-order valence-corrected chi connectivity index (χ2v) is 3.34. The molecule has 20 heavy (non-hydrogen) atoms. The van der Waals surface area contributed by atoms with E-state index in [1.807, 2.05) is 0 Å². The minimum Gasteiger partial charge on any atom is -0.372 e. The lowest BCUT2D eigenvalue weighted by atomic mass is 10.2. The van der Waals surface area contributed by atoms with Gasteiger partial charge in [0.2, 0.25) is 0 Å². The fourth-order valence-corrected chi connectivity index (χ4v) is 1.17. The Morgan fingerprint density at radius 2 is 2.15 bits per heavy atom. The van der Waals surface area contributed by atoms with Crippen molar-refractivity contribution in [2.24, 2.45) is 5.10 Å². The first-order chi connectivity index (χ1) is 9.56. The zero-order valence-electron chi connectivity index (χ0n) is 10.4. The number of hydrogen-bond acceptors (Lipinski definition) is 7. The molecule has 0 aliphatic rings. The monoisotopic (exact) mass is 278 g/mol. The Balaban J connectivity index is 2.88. The molecule has 0 aliphatic heterocycles. The molecule has 104 valence electrons. The lowest BCUT2D eigenvalue weighted by Gasteiger charge is -2.00. The number of anilines is 1. The van der Waals surface area contributed by atoms with E-state index in [-0.39, 0.29) is 18.0 Å². The van der Waals surface area contributed by atoms with Crippen molar-refractivity contribution in [2.75, 3.05) is 19.1 Å². The van der Waals surface area contributed by atoms with Gasteiger partial charge in [-0.05, 0) is 6.07 Å². The molecule has 0 unspecified atom stereocenters. The van der Waals surface area contributed by atoms with Gasteiger partial charge in [0.15, 0.2) is 0 Å². The van der Waals surface area contributed by atoms with Crippen LogP contribution in [0.15, 0.2) is 23.3 Å². The maximum atomic E-state index is 10.8. The van der Waals surface area contributed by atoms with E-state index in [1.165, 1.54) is 19.4 Å². The van der Waals surface area contributed by atoms with E-state index < -0.39 is 15.5 Å². The maximum Gasteiger partial charge on any atom is 0.301 e. The SMILES string of the molecule is COCC#CC=NNc1ccc([N+](=O)[O-])cc1[N+](=O)[O-]. The Hall–Kier alpha value is -2.99. The van der Waals surface area contributed by atoms with Gasteiger partial charge < -0.3 is 4.74 Å². The minimum absolute atomic E-state index is 0.0328. The lowest BCUT2D eigenvalue weighted by Crippen LogP contribution is -1.98. The number of benzene rings is 1. The summed E-state index contributed by atoms with van der Waals surface area (Å²) < 4.78 is 4.68. The first-order valence-corrected chi connectivity index (χ1v) is 5.24. The van der Waals surface area contributed by atoms with E-state index in [4.69, 9.17) is 0 Å². The van der Waals surface area contributed by atoms with Crippen LogP contribution in [0.3, 0.4) is 0 Å². The number of non-ortho nitro benzene ring substituents is 1. The number of rotatable bonds is 5.